The second-order valence-electron chi connectivity index (χ2n) is 5.34. The van der Waals surface area contributed by atoms with Crippen LogP contribution in [0.5, 0.6) is 0 Å². The summed E-state index contributed by atoms with van der Waals surface area (Å²) in [6.45, 7) is 3.70. The summed E-state index contributed by atoms with van der Waals surface area (Å²) in [6, 6.07) is 15.4. The minimum Gasteiger partial charge on any atom is -0.307 e. The van der Waals surface area contributed by atoms with Crippen LogP contribution in [0.15, 0.2) is 76.6 Å². The molecule has 0 bridgehead atoms. The Morgan fingerprint density at radius 3 is 2.28 bits per heavy atom. The summed E-state index contributed by atoms with van der Waals surface area (Å²) in [5, 5.41) is 0. The molecule has 0 aliphatic heterocycles. The minimum absolute atomic E-state index is 0.140. The summed E-state index contributed by atoms with van der Waals surface area (Å²) in [5.74, 6) is -0.325. The molecule has 0 spiro atoms. The smallest absolute Gasteiger partial charge is 0.243 e. The van der Waals surface area contributed by atoms with Crippen LogP contribution in [0.3, 0.4) is 0 Å². The lowest BCUT2D eigenvalue weighted by Gasteiger charge is -2.24. The van der Waals surface area contributed by atoms with Crippen LogP contribution in [0, 0.1) is 0 Å². The van der Waals surface area contributed by atoms with Gasteiger partial charge in [0.25, 0.3) is 0 Å². The number of likely N-dealkylation sites (N-methyl/N-ethyl adjacent to an activating group) is 1. The lowest BCUT2D eigenvalue weighted by atomic mass is 10.2. The fraction of sp³-hybridized carbons (Fsp3) is 0.167. The van der Waals surface area contributed by atoms with Crippen LogP contribution in [-0.2, 0) is 14.8 Å². The van der Waals surface area contributed by atoms with Gasteiger partial charge in [-0.15, -0.1) is 6.58 Å². The maximum absolute atomic E-state index is 12.6. The van der Waals surface area contributed by atoms with Gasteiger partial charge in [-0.2, -0.15) is 4.31 Å². The van der Waals surface area contributed by atoms with Gasteiger partial charge in [-0.1, -0.05) is 40.2 Å². The van der Waals surface area contributed by atoms with E-state index < -0.39 is 10.0 Å². The lowest BCUT2D eigenvalue weighted by Crippen LogP contribution is -2.41. The number of hydrogen-bond acceptors (Lipinski definition) is 3. The molecule has 25 heavy (non-hydrogen) atoms. The van der Waals surface area contributed by atoms with Gasteiger partial charge in [-0.3, -0.25) is 4.79 Å². The van der Waals surface area contributed by atoms with Crippen molar-refractivity contribution < 1.29 is 13.2 Å². The summed E-state index contributed by atoms with van der Waals surface area (Å²) in [4.78, 5) is 14.3. The molecule has 0 aliphatic carbocycles. The number of nitrogens with zero attached hydrogens (tertiary/aromatic N) is 2. The zero-order valence-electron chi connectivity index (χ0n) is 13.8. The van der Waals surface area contributed by atoms with E-state index in [0.29, 0.717) is 12.2 Å². The summed E-state index contributed by atoms with van der Waals surface area (Å²) < 4.78 is 27.1. The molecule has 7 heteroatoms. The Morgan fingerprint density at radius 2 is 1.72 bits per heavy atom. The van der Waals surface area contributed by atoms with Crippen LogP contribution in [0.4, 0.5) is 5.69 Å². The van der Waals surface area contributed by atoms with E-state index in [1.165, 1.54) is 24.1 Å². The number of halogens is 1. The van der Waals surface area contributed by atoms with E-state index in [2.05, 4.69) is 22.5 Å². The number of hydrogen-bond donors (Lipinski definition) is 0. The molecule has 0 radical (unpaired) electrons. The highest BCUT2D eigenvalue weighted by molar-refractivity contribution is 9.10. The van der Waals surface area contributed by atoms with Crippen LogP contribution in [-0.4, -0.2) is 38.8 Å². The maximum Gasteiger partial charge on any atom is 0.243 e. The lowest BCUT2D eigenvalue weighted by molar-refractivity contribution is -0.118. The first-order valence-corrected chi connectivity index (χ1v) is 9.78. The summed E-state index contributed by atoms with van der Waals surface area (Å²) in [6.07, 6.45) is 1.61. The molecule has 0 aromatic heterocycles. The molecule has 0 saturated heterocycles. The first kappa shape index (κ1) is 19.4. The standard InChI is InChI=1S/C18H19BrN2O3S/c1-3-13-21(16-7-5-4-6-8-16)18(22)14-20(2)25(23,24)17-11-9-15(19)10-12-17/h3-12H,1,13-14H2,2H3. The fourth-order valence-electron chi connectivity index (χ4n) is 2.24. The normalized spacial score (nSPS) is 11.3. The van der Waals surface area contributed by atoms with Crippen molar-refractivity contribution in [3.8, 4) is 0 Å². The number of sulfonamides is 1. The monoisotopic (exact) mass is 422 g/mol. The highest BCUT2D eigenvalue weighted by Crippen LogP contribution is 2.19. The molecular weight excluding hydrogens is 404 g/mol. The number of carbonyl (C=O) groups is 1. The molecule has 0 fully saturated rings. The SMILES string of the molecule is C=CCN(C(=O)CN(C)S(=O)(=O)c1ccc(Br)cc1)c1ccccc1. The molecular formula is C18H19BrN2O3S. The summed E-state index contributed by atoms with van der Waals surface area (Å²) in [7, 11) is -2.35. The van der Waals surface area contributed by atoms with E-state index in [-0.39, 0.29) is 17.3 Å². The molecule has 0 saturated carbocycles. The Morgan fingerprint density at radius 1 is 1.12 bits per heavy atom. The Labute approximate surface area is 156 Å². The van der Waals surface area contributed by atoms with E-state index in [9.17, 15) is 13.2 Å². The quantitative estimate of drug-likeness (QED) is 0.643. The van der Waals surface area contributed by atoms with Gasteiger partial charge in [0, 0.05) is 23.8 Å². The first-order valence-electron chi connectivity index (χ1n) is 7.54. The number of benzene rings is 2. The van der Waals surface area contributed by atoms with Gasteiger partial charge in [-0.05, 0) is 36.4 Å². The Hall–Kier alpha value is -1.96. The van der Waals surface area contributed by atoms with Crippen LogP contribution >= 0.6 is 15.9 Å². The van der Waals surface area contributed by atoms with Gasteiger partial charge in [0.1, 0.15) is 0 Å². The minimum atomic E-state index is -3.74. The largest absolute Gasteiger partial charge is 0.307 e. The van der Waals surface area contributed by atoms with Crippen molar-refractivity contribution in [3.05, 3.63) is 71.7 Å². The van der Waals surface area contributed by atoms with Crippen molar-refractivity contribution in [2.45, 2.75) is 4.90 Å². The maximum atomic E-state index is 12.6. The Balaban J connectivity index is 2.19. The van der Waals surface area contributed by atoms with Crippen molar-refractivity contribution >= 4 is 37.5 Å². The molecule has 0 unspecified atom stereocenters. The molecule has 0 atom stereocenters. The average molecular weight is 423 g/mol. The van der Waals surface area contributed by atoms with Gasteiger partial charge in [0.05, 0.1) is 11.4 Å². The predicted molar refractivity (Wildman–Crippen MR) is 103 cm³/mol. The van der Waals surface area contributed by atoms with Gasteiger partial charge < -0.3 is 4.90 Å². The van der Waals surface area contributed by atoms with Gasteiger partial charge in [0.2, 0.25) is 15.9 Å². The van der Waals surface area contributed by atoms with Crippen molar-refractivity contribution in [3.63, 3.8) is 0 Å². The summed E-state index contributed by atoms with van der Waals surface area (Å²) >= 11 is 3.27. The molecule has 2 aromatic carbocycles. The molecule has 1 amide bonds. The van der Waals surface area contributed by atoms with Crippen LogP contribution < -0.4 is 4.90 Å². The number of carbonyl (C=O) groups excluding carboxylic acids is 1. The van der Waals surface area contributed by atoms with E-state index in [4.69, 9.17) is 0 Å². The molecule has 0 N–H and O–H groups in total. The average Bonchev–Trinajstić information content (AvgIpc) is 2.60. The molecule has 2 aromatic rings. The first-order chi connectivity index (χ1) is 11.9. The van der Waals surface area contributed by atoms with Gasteiger partial charge >= 0.3 is 0 Å². The Bertz CT molecular complexity index is 836. The van der Waals surface area contributed by atoms with Gasteiger partial charge in [-0.25, -0.2) is 8.42 Å². The van der Waals surface area contributed by atoms with Crippen LogP contribution in [0.1, 0.15) is 0 Å². The highest BCUT2D eigenvalue weighted by atomic mass is 79.9. The van der Waals surface area contributed by atoms with E-state index in [1.807, 2.05) is 18.2 Å². The summed E-state index contributed by atoms with van der Waals surface area (Å²) in [5.41, 5.74) is 0.696. The number of para-hydroxylation sites is 1. The molecule has 132 valence electrons. The van der Waals surface area contributed by atoms with E-state index in [0.717, 1.165) is 8.78 Å². The third-order valence-corrected chi connectivity index (χ3v) is 5.91. The number of amides is 1. The third kappa shape index (κ3) is 4.78. The second-order valence-corrected chi connectivity index (χ2v) is 8.30. The molecule has 5 nitrogen and oxygen atoms in total. The van der Waals surface area contributed by atoms with Crippen LogP contribution in [0.25, 0.3) is 0 Å². The zero-order chi connectivity index (χ0) is 18.4. The Kier molecular flexibility index (Phi) is 6.52. The molecule has 0 aliphatic rings. The third-order valence-electron chi connectivity index (χ3n) is 3.56. The van der Waals surface area contributed by atoms with Crippen LogP contribution in [0.2, 0.25) is 0 Å². The predicted octanol–water partition coefficient (Wildman–Crippen LogP) is 3.29. The highest BCUT2D eigenvalue weighted by Gasteiger charge is 2.25. The number of anilines is 1. The number of rotatable bonds is 7. The van der Waals surface area contributed by atoms with Crippen molar-refractivity contribution in [2.75, 3.05) is 25.0 Å². The fourth-order valence-corrected chi connectivity index (χ4v) is 3.62. The van der Waals surface area contributed by atoms with Crippen molar-refractivity contribution in [1.29, 1.82) is 0 Å². The zero-order valence-corrected chi connectivity index (χ0v) is 16.2. The van der Waals surface area contributed by atoms with Crippen molar-refractivity contribution in [2.24, 2.45) is 0 Å². The van der Waals surface area contributed by atoms with E-state index in [1.54, 1.807) is 30.3 Å². The molecule has 0 heterocycles. The second kappa shape index (κ2) is 8.42. The van der Waals surface area contributed by atoms with Crippen molar-refractivity contribution in [1.82, 2.24) is 4.31 Å². The molecule has 2 rings (SSSR count). The van der Waals surface area contributed by atoms with Gasteiger partial charge in [0.15, 0.2) is 0 Å². The topological polar surface area (TPSA) is 57.7 Å². The van der Waals surface area contributed by atoms with E-state index >= 15 is 0 Å².